The maximum absolute atomic E-state index is 13.5. The van der Waals surface area contributed by atoms with Gasteiger partial charge in [-0.3, -0.25) is 14.5 Å². The first-order chi connectivity index (χ1) is 23.1. The topological polar surface area (TPSA) is 102 Å². The van der Waals surface area contributed by atoms with Gasteiger partial charge in [0.2, 0.25) is 0 Å². The molecule has 0 aromatic carbocycles. The summed E-state index contributed by atoms with van der Waals surface area (Å²) in [6.07, 6.45) is 15.5. The highest BCUT2D eigenvalue weighted by Crippen LogP contribution is 2.72. The molecule has 49 heavy (non-hydrogen) atoms. The Labute approximate surface area is 300 Å². The second kappa shape index (κ2) is 12.9. The minimum absolute atomic E-state index is 0.0997. The standard InChI is InChI=1S/C41H68N2O5S/c1-8-26(43-20-22-49(47)23-21-43)25-42-41-16-9-10-29(41)27-11-12-33-39(6,28(27)13-19-41)17-14-32-38(4,5)34(15-18-40(32,33)7)48-36(46)31-24-30(35(44)45)37(31,2)3/h26-34,42H,8-25H2,1-7H3,(H,44,45)/t26?,27?,28?,29-,30?,31?,32?,33?,34?,39?,40?,41?/m1/s1. The average molecular weight is 701 g/mol. The van der Waals surface area contributed by atoms with Gasteiger partial charge in [-0.15, -0.1) is 0 Å². The number of nitrogens with zero attached hydrogens (tertiary/aromatic N) is 1. The minimum atomic E-state index is -0.797. The van der Waals surface area contributed by atoms with Crippen LogP contribution in [-0.2, 0) is 25.5 Å². The third-order valence-corrected chi connectivity index (χ3v) is 18.7. The summed E-state index contributed by atoms with van der Waals surface area (Å²) in [4.78, 5) is 27.8. The number of nitrogens with one attached hydrogen (secondary N) is 1. The summed E-state index contributed by atoms with van der Waals surface area (Å²) in [7, 11) is 0. The average Bonchev–Trinajstić information content (AvgIpc) is 3.47. The summed E-state index contributed by atoms with van der Waals surface area (Å²) in [5.74, 6) is 3.59. The zero-order valence-corrected chi connectivity index (χ0v) is 32.7. The van der Waals surface area contributed by atoms with Crippen LogP contribution in [0.1, 0.15) is 132 Å². The van der Waals surface area contributed by atoms with Gasteiger partial charge < -0.3 is 19.7 Å². The molecular formula is C41H68N2O5S. The summed E-state index contributed by atoms with van der Waals surface area (Å²) in [5.41, 5.74) is 0.281. The van der Waals surface area contributed by atoms with Gasteiger partial charge in [0.1, 0.15) is 17.6 Å². The number of carboxylic acids is 1. The number of carboxylic acid groups (broad SMARTS) is 1. The van der Waals surface area contributed by atoms with Crippen LogP contribution >= 0.6 is 0 Å². The van der Waals surface area contributed by atoms with Gasteiger partial charge in [-0.25, -0.2) is 0 Å². The van der Waals surface area contributed by atoms with E-state index in [1.807, 2.05) is 13.8 Å². The molecule has 0 amide bonds. The summed E-state index contributed by atoms with van der Waals surface area (Å²) in [6, 6.07) is 0.550. The Morgan fingerprint density at radius 3 is 2.24 bits per heavy atom. The number of fused-ring (bicyclic) bond motifs is 7. The Balaban J connectivity index is 1.03. The predicted octanol–water partition coefficient (Wildman–Crippen LogP) is 7.30. The van der Waals surface area contributed by atoms with E-state index in [2.05, 4.69) is 44.8 Å². The molecule has 0 bridgehead atoms. The lowest BCUT2D eigenvalue weighted by Gasteiger charge is -2.69. The molecule has 6 aliphatic carbocycles. The maximum atomic E-state index is 13.5. The summed E-state index contributed by atoms with van der Waals surface area (Å²) in [6.45, 7) is 19.3. The fourth-order valence-electron chi connectivity index (χ4n) is 14.5. The van der Waals surface area contributed by atoms with Gasteiger partial charge in [-0.1, -0.05) is 66.1 Å². The molecule has 7 nitrogen and oxygen atoms in total. The second-order valence-corrected chi connectivity index (χ2v) is 21.5. The number of esters is 1. The molecule has 278 valence electrons. The lowest BCUT2D eigenvalue weighted by Crippen LogP contribution is -2.65. The normalized spacial score (nSPS) is 46.7. The van der Waals surface area contributed by atoms with Gasteiger partial charge in [0.05, 0.1) is 11.8 Å². The van der Waals surface area contributed by atoms with Gasteiger partial charge in [-0.2, -0.15) is 0 Å². The van der Waals surface area contributed by atoms with Crippen LogP contribution in [0.2, 0.25) is 0 Å². The van der Waals surface area contributed by atoms with Crippen LogP contribution < -0.4 is 5.32 Å². The van der Waals surface area contributed by atoms with E-state index in [0.29, 0.717) is 35.3 Å². The van der Waals surface area contributed by atoms with E-state index in [1.165, 1.54) is 57.8 Å². The van der Waals surface area contributed by atoms with E-state index in [4.69, 9.17) is 4.74 Å². The SMILES string of the molecule is CCC(CNC12CCC[C@@H]1C1CCC3C(C)(CCC4C(C)(C)C(OC(=O)C5CC(C(=O)O)C5(C)C)CCC43C)C1CC2)N1CC[S+]([O-])CC1. The number of ether oxygens (including phenoxy) is 1. The van der Waals surface area contributed by atoms with Gasteiger partial charge in [0.15, 0.2) is 0 Å². The lowest BCUT2D eigenvalue weighted by molar-refractivity contribution is -0.225. The van der Waals surface area contributed by atoms with Crippen molar-refractivity contribution in [3.63, 3.8) is 0 Å². The van der Waals surface area contributed by atoms with Gasteiger partial charge >= 0.3 is 11.9 Å². The smallest absolute Gasteiger partial charge is 0.309 e. The van der Waals surface area contributed by atoms with Crippen molar-refractivity contribution in [1.29, 1.82) is 0 Å². The van der Waals surface area contributed by atoms with Crippen LogP contribution in [0.4, 0.5) is 0 Å². The van der Waals surface area contributed by atoms with Crippen LogP contribution in [0.3, 0.4) is 0 Å². The van der Waals surface area contributed by atoms with Crippen LogP contribution in [-0.4, -0.2) is 75.3 Å². The van der Waals surface area contributed by atoms with Crippen molar-refractivity contribution in [2.75, 3.05) is 31.1 Å². The third kappa shape index (κ3) is 5.77. The molecule has 0 spiro atoms. The Kier molecular flexibility index (Phi) is 9.64. The van der Waals surface area contributed by atoms with E-state index >= 15 is 0 Å². The molecule has 7 fully saturated rings. The predicted molar refractivity (Wildman–Crippen MR) is 195 cm³/mol. The largest absolute Gasteiger partial charge is 0.616 e. The highest BCUT2D eigenvalue weighted by molar-refractivity contribution is 7.91. The second-order valence-electron chi connectivity index (χ2n) is 19.8. The van der Waals surface area contributed by atoms with E-state index in [0.717, 1.165) is 68.2 Å². The molecule has 12 atom stereocenters. The summed E-state index contributed by atoms with van der Waals surface area (Å²) >= 11 is -0.624. The Hall–Kier alpha value is -0.830. The molecule has 1 saturated heterocycles. The van der Waals surface area contributed by atoms with Crippen molar-refractivity contribution in [3.8, 4) is 0 Å². The van der Waals surface area contributed by atoms with Crippen LogP contribution in [0.15, 0.2) is 0 Å². The van der Waals surface area contributed by atoms with Crippen molar-refractivity contribution in [3.05, 3.63) is 0 Å². The van der Waals surface area contributed by atoms with Crippen molar-refractivity contribution in [2.45, 2.75) is 150 Å². The molecule has 1 heterocycles. The molecule has 0 radical (unpaired) electrons. The molecule has 11 unspecified atom stereocenters. The number of hydrogen-bond acceptors (Lipinski definition) is 6. The minimum Gasteiger partial charge on any atom is -0.616 e. The molecule has 8 heteroatoms. The lowest BCUT2D eigenvalue weighted by atomic mass is 9.36. The fourth-order valence-corrected chi connectivity index (χ4v) is 15.6. The van der Waals surface area contributed by atoms with Crippen molar-refractivity contribution in [2.24, 2.45) is 63.1 Å². The molecular weight excluding hydrogens is 633 g/mol. The quantitative estimate of drug-likeness (QED) is 0.203. The Morgan fingerprint density at radius 2 is 1.57 bits per heavy atom. The first kappa shape index (κ1) is 36.5. The zero-order chi connectivity index (χ0) is 35.1. The van der Waals surface area contributed by atoms with E-state index in [-0.39, 0.29) is 28.8 Å². The number of aliphatic carboxylic acids is 1. The summed E-state index contributed by atoms with van der Waals surface area (Å²) < 4.78 is 18.4. The van der Waals surface area contributed by atoms with Crippen molar-refractivity contribution >= 4 is 23.1 Å². The number of carbonyl (C=O) groups excluding carboxylic acids is 1. The first-order valence-corrected chi connectivity index (χ1v) is 21.8. The van der Waals surface area contributed by atoms with Crippen LogP contribution in [0.25, 0.3) is 0 Å². The van der Waals surface area contributed by atoms with Crippen LogP contribution in [0, 0.1) is 63.1 Å². The van der Waals surface area contributed by atoms with E-state index in [9.17, 15) is 19.2 Å². The molecule has 6 saturated carbocycles. The van der Waals surface area contributed by atoms with Crippen LogP contribution in [0.5, 0.6) is 0 Å². The van der Waals surface area contributed by atoms with Crippen molar-refractivity contribution in [1.82, 2.24) is 10.2 Å². The monoisotopic (exact) mass is 700 g/mol. The van der Waals surface area contributed by atoms with Gasteiger partial charge in [-0.05, 0) is 123 Å². The summed E-state index contributed by atoms with van der Waals surface area (Å²) in [5, 5.41) is 13.9. The molecule has 7 rings (SSSR count). The Bertz CT molecular complexity index is 1270. The first-order valence-electron chi connectivity index (χ1n) is 20.4. The number of hydrogen-bond donors (Lipinski definition) is 2. The number of rotatable bonds is 8. The van der Waals surface area contributed by atoms with E-state index in [1.54, 1.807) is 0 Å². The number of carbonyl (C=O) groups is 2. The van der Waals surface area contributed by atoms with E-state index < -0.39 is 28.5 Å². The zero-order valence-electron chi connectivity index (χ0n) is 31.9. The highest BCUT2D eigenvalue weighted by Gasteiger charge is 2.67. The Morgan fingerprint density at radius 1 is 0.857 bits per heavy atom. The molecule has 0 aromatic heterocycles. The molecule has 1 aliphatic heterocycles. The van der Waals surface area contributed by atoms with Crippen molar-refractivity contribution < 1.29 is 24.0 Å². The molecule has 2 N–H and O–H groups in total. The maximum Gasteiger partial charge on any atom is 0.309 e. The third-order valence-electron chi connectivity index (χ3n) is 17.4. The molecule has 7 aliphatic rings. The highest BCUT2D eigenvalue weighted by atomic mass is 32.2. The fraction of sp³-hybridized carbons (Fsp3) is 0.951. The molecule has 0 aromatic rings. The van der Waals surface area contributed by atoms with Gasteiger partial charge in [0.25, 0.3) is 0 Å². The van der Waals surface area contributed by atoms with Gasteiger partial charge in [0, 0.05) is 36.6 Å².